The van der Waals surface area contributed by atoms with Crippen LogP contribution in [0.1, 0.15) is 46.5 Å². The van der Waals surface area contributed by atoms with Crippen molar-refractivity contribution >= 4 is 5.97 Å². The first-order chi connectivity index (χ1) is 8.15. The molecular formula is C13H27NO3. The van der Waals surface area contributed by atoms with Crippen molar-refractivity contribution < 1.29 is 14.6 Å². The fourth-order valence-corrected chi connectivity index (χ4v) is 1.70. The second kappa shape index (κ2) is 10.5. The lowest BCUT2D eigenvalue weighted by Crippen LogP contribution is -2.35. The molecule has 1 unspecified atom stereocenters. The Labute approximate surface area is 105 Å². The fraction of sp³-hybridized carbons (Fsp3) is 0.923. The Kier molecular flexibility index (Phi) is 10.2. The number of rotatable bonds is 10. The van der Waals surface area contributed by atoms with E-state index in [-0.39, 0.29) is 18.6 Å². The van der Waals surface area contributed by atoms with Gasteiger partial charge in [-0.05, 0) is 12.3 Å². The van der Waals surface area contributed by atoms with Crippen LogP contribution in [-0.2, 0) is 9.53 Å². The Morgan fingerprint density at radius 1 is 1.29 bits per heavy atom. The highest BCUT2D eigenvalue weighted by Gasteiger charge is 2.15. The summed E-state index contributed by atoms with van der Waals surface area (Å²) in [6, 6.07) is 0. The summed E-state index contributed by atoms with van der Waals surface area (Å²) in [6.45, 7) is 7.31. The molecule has 0 spiro atoms. The van der Waals surface area contributed by atoms with Crippen LogP contribution in [0.2, 0.25) is 0 Å². The van der Waals surface area contributed by atoms with Crippen LogP contribution in [0.3, 0.4) is 0 Å². The third-order valence-corrected chi connectivity index (χ3v) is 2.98. The molecule has 0 heterocycles. The Balaban J connectivity index is 3.58. The van der Waals surface area contributed by atoms with Crippen LogP contribution < -0.4 is 5.32 Å². The SMILES string of the molecule is CCCCOC(=O)CNCC(O)C(CC)CC. The van der Waals surface area contributed by atoms with Crippen LogP contribution in [0, 0.1) is 5.92 Å². The summed E-state index contributed by atoms with van der Waals surface area (Å²) in [5, 5.41) is 12.8. The predicted molar refractivity (Wildman–Crippen MR) is 68.8 cm³/mol. The number of carbonyl (C=O) groups is 1. The molecule has 4 heteroatoms. The van der Waals surface area contributed by atoms with Crippen LogP contribution in [0.5, 0.6) is 0 Å². The summed E-state index contributed by atoms with van der Waals surface area (Å²) in [4.78, 5) is 11.2. The quantitative estimate of drug-likeness (QED) is 0.454. The number of carbonyl (C=O) groups excluding carboxylic acids is 1. The minimum absolute atomic E-state index is 0.181. The zero-order chi connectivity index (χ0) is 13.1. The first-order valence-electron chi connectivity index (χ1n) is 6.70. The molecule has 17 heavy (non-hydrogen) atoms. The molecule has 0 aliphatic carbocycles. The van der Waals surface area contributed by atoms with Gasteiger partial charge in [0.15, 0.2) is 0 Å². The predicted octanol–water partition coefficient (Wildman–Crippen LogP) is 1.72. The molecule has 0 aromatic rings. The van der Waals surface area contributed by atoms with Gasteiger partial charge in [-0.3, -0.25) is 4.79 Å². The summed E-state index contributed by atoms with van der Waals surface area (Å²) in [5.74, 6) is 0.0637. The minimum atomic E-state index is -0.381. The van der Waals surface area contributed by atoms with Crippen LogP contribution in [0.15, 0.2) is 0 Å². The maximum atomic E-state index is 11.2. The lowest BCUT2D eigenvalue weighted by molar-refractivity contribution is -0.142. The monoisotopic (exact) mass is 245 g/mol. The smallest absolute Gasteiger partial charge is 0.319 e. The summed E-state index contributed by atoms with van der Waals surface area (Å²) < 4.78 is 4.99. The number of aliphatic hydroxyl groups excluding tert-OH is 1. The molecule has 0 rings (SSSR count). The molecule has 0 radical (unpaired) electrons. The molecule has 0 saturated heterocycles. The van der Waals surface area contributed by atoms with E-state index in [1.165, 1.54) is 0 Å². The number of ether oxygens (including phenoxy) is 1. The molecule has 0 aromatic carbocycles. The Bertz CT molecular complexity index is 193. The van der Waals surface area contributed by atoms with E-state index in [0.717, 1.165) is 25.7 Å². The Morgan fingerprint density at radius 2 is 1.94 bits per heavy atom. The van der Waals surface area contributed by atoms with E-state index in [1.807, 2.05) is 0 Å². The van der Waals surface area contributed by atoms with Gasteiger partial charge in [0, 0.05) is 6.54 Å². The summed E-state index contributed by atoms with van der Waals surface area (Å²) >= 11 is 0. The molecule has 0 fully saturated rings. The number of unbranched alkanes of at least 4 members (excludes halogenated alkanes) is 1. The van der Waals surface area contributed by atoms with Gasteiger partial charge in [-0.25, -0.2) is 0 Å². The highest BCUT2D eigenvalue weighted by Crippen LogP contribution is 2.11. The van der Waals surface area contributed by atoms with Gasteiger partial charge < -0.3 is 15.2 Å². The largest absolute Gasteiger partial charge is 0.465 e. The van der Waals surface area contributed by atoms with Gasteiger partial charge in [0.2, 0.25) is 0 Å². The lowest BCUT2D eigenvalue weighted by Gasteiger charge is -2.20. The molecule has 1 atom stereocenters. The zero-order valence-electron chi connectivity index (χ0n) is 11.4. The Hall–Kier alpha value is -0.610. The molecule has 0 aromatic heterocycles. The second-order valence-corrected chi connectivity index (χ2v) is 4.35. The van der Waals surface area contributed by atoms with Gasteiger partial charge in [-0.2, -0.15) is 0 Å². The first-order valence-corrected chi connectivity index (χ1v) is 6.70. The first kappa shape index (κ1) is 16.4. The third-order valence-electron chi connectivity index (χ3n) is 2.98. The number of hydrogen-bond donors (Lipinski definition) is 2. The van der Waals surface area contributed by atoms with Crippen molar-refractivity contribution in [1.82, 2.24) is 5.32 Å². The van der Waals surface area contributed by atoms with E-state index in [1.54, 1.807) is 0 Å². The van der Waals surface area contributed by atoms with Gasteiger partial charge in [0.05, 0.1) is 19.3 Å². The van der Waals surface area contributed by atoms with E-state index in [2.05, 4.69) is 26.1 Å². The van der Waals surface area contributed by atoms with Crippen molar-refractivity contribution in [2.45, 2.75) is 52.6 Å². The van der Waals surface area contributed by atoms with Crippen LogP contribution in [-0.4, -0.2) is 36.9 Å². The summed E-state index contributed by atoms with van der Waals surface area (Å²) in [7, 11) is 0. The number of nitrogens with one attached hydrogen (secondary N) is 1. The molecular weight excluding hydrogens is 218 g/mol. The zero-order valence-corrected chi connectivity index (χ0v) is 11.4. The van der Waals surface area contributed by atoms with Crippen molar-refractivity contribution in [3.8, 4) is 0 Å². The fourth-order valence-electron chi connectivity index (χ4n) is 1.70. The average molecular weight is 245 g/mol. The van der Waals surface area contributed by atoms with Gasteiger partial charge in [0.1, 0.15) is 0 Å². The highest BCUT2D eigenvalue weighted by atomic mass is 16.5. The molecule has 0 saturated carbocycles. The number of aliphatic hydroxyl groups is 1. The molecule has 0 aliphatic rings. The van der Waals surface area contributed by atoms with Crippen molar-refractivity contribution in [3.63, 3.8) is 0 Å². The number of hydrogen-bond acceptors (Lipinski definition) is 4. The van der Waals surface area contributed by atoms with Crippen LogP contribution >= 0.6 is 0 Å². The van der Waals surface area contributed by atoms with Crippen molar-refractivity contribution in [1.29, 1.82) is 0 Å². The summed E-state index contributed by atoms with van der Waals surface area (Å²) in [6.07, 6.45) is 3.46. The van der Waals surface area contributed by atoms with Gasteiger partial charge in [-0.15, -0.1) is 0 Å². The van der Waals surface area contributed by atoms with E-state index < -0.39 is 0 Å². The standard InChI is InChI=1S/C13H27NO3/c1-4-7-8-17-13(16)10-14-9-12(15)11(5-2)6-3/h11-12,14-15H,4-10H2,1-3H3. The van der Waals surface area contributed by atoms with E-state index in [0.29, 0.717) is 19.1 Å². The lowest BCUT2D eigenvalue weighted by atomic mass is 9.97. The summed E-state index contributed by atoms with van der Waals surface area (Å²) in [5.41, 5.74) is 0. The molecule has 102 valence electrons. The highest BCUT2D eigenvalue weighted by molar-refractivity contribution is 5.71. The van der Waals surface area contributed by atoms with Crippen molar-refractivity contribution in [2.24, 2.45) is 5.92 Å². The average Bonchev–Trinajstić information content (AvgIpc) is 2.31. The second-order valence-electron chi connectivity index (χ2n) is 4.35. The normalized spacial score (nSPS) is 12.8. The molecule has 0 aliphatic heterocycles. The van der Waals surface area contributed by atoms with Crippen molar-refractivity contribution in [3.05, 3.63) is 0 Å². The van der Waals surface area contributed by atoms with Crippen LogP contribution in [0.25, 0.3) is 0 Å². The maximum Gasteiger partial charge on any atom is 0.319 e. The van der Waals surface area contributed by atoms with Gasteiger partial charge in [-0.1, -0.05) is 40.0 Å². The van der Waals surface area contributed by atoms with Crippen molar-refractivity contribution in [2.75, 3.05) is 19.7 Å². The van der Waals surface area contributed by atoms with E-state index >= 15 is 0 Å². The van der Waals surface area contributed by atoms with Crippen LogP contribution in [0.4, 0.5) is 0 Å². The minimum Gasteiger partial charge on any atom is -0.465 e. The maximum absolute atomic E-state index is 11.2. The number of esters is 1. The van der Waals surface area contributed by atoms with Gasteiger partial charge >= 0.3 is 5.97 Å². The van der Waals surface area contributed by atoms with E-state index in [4.69, 9.17) is 4.74 Å². The molecule has 0 amide bonds. The molecule has 4 nitrogen and oxygen atoms in total. The Morgan fingerprint density at radius 3 is 2.47 bits per heavy atom. The van der Waals surface area contributed by atoms with Gasteiger partial charge in [0.25, 0.3) is 0 Å². The van der Waals surface area contributed by atoms with E-state index in [9.17, 15) is 9.90 Å². The molecule has 0 bridgehead atoms. The molecule has 2 N–H and O–H groups in total. The topological polar surface area (TPSA) is 58.6 Å². The third kappa shape index (κ3) is 8.16.